The zero-order valence-electron chi connectivity index (χ0n) is 17.3. The van der Waals surface area contributed by atoms with E-state index in [1.54, 1.807) is 6.07 Å². The van der Waals surface area contributed by atoms with Crippen LogP contribution in [0.25, 0.3) is 0 Å². The fourth-order valence-corrected chi connectivity index (χ4v) is 4.78. The molecule has 0 aromatic heterocycles. The Hall–Kier alpha value is -4.16. The topological polar surface area (TPSA) is 136 Å². The average molecular weight is 461 g/mol. The number of carbonyl (C=O) groups is 2. The summed E-state index contributed by atoms with van der Waals surface area (Å²) in [6, 6.07) is 16.6. The van der Waals surface area contributed by atoms with Crippen LogP contribution in [0, 0.1) is 11.3 Å². The van der Waals surface area contributed by atoms with Crippen LogP contribution in [0.2, 0.25) is 0 Å². The molecular formula is C24H19N3O5S. The molecule has 8 nitrogen and oxygen atoms in total. The van der Waals surface area contributed by atoms with Gasteiger partial charge in [0.1, 0.15) is 0 Å². The van der Waals surface area contributed by atoms with E-state index in [1.165, 1.54) is 42.0 Å². The van der Waals surface area contributed by atoms with Crippen molar-refractivity contribution < 1.29 is 23.1 Å². The van der Waals surface area contributed by atoms with Crippen LogP contribution in [0.4, 0.5) is 11.4 Å². The number of hydrogen-bond donors (Lipinski definition) is 3. The summed E-state index contributed by atoms with van der Waals surface area (Å²) in [5.74, 6) is -1.90. The smallest absolute Gasteiger partial charge is 0.337 e. The number of hydrogen-bond acceptors (Lipinski definition) is 5. The number of carbonyl (C=O) groups excluding carboxylic acids is 1. The van der Waals surface area contributed by atoms with Gasteiger partial charge in [0, 0.05) is 11.3 Å². The van der Waals surface area contributed by atoms with E-state index in [1.807, 2.05) is 18.2 Å². The Morgan fingerprint density at radius 2 is 1.67 bits per heavy atom. The van der Waals surface area contributed by atoms with Gasteiger partial charge in [-0.3, -0.25) is 9.52 Å². The van der Waals surface area contributed by atoms with Gasteiger partial charge in [-0.1, -0.05) is 6.07 Å². The molecule has 3 N–H and O–H groups in total. The first-order chi connectivity index (χ1) is 15.8. The molecule has 3 aromatic carbocycles. The zero-order valence-corrected chi connectivity index (χ0v) is 18.1. The van der Waals surface area contributed by atoms with Crippen molar-refractivity contribution in [3.8, 4) is 6.07 Å². The van der Waals surface area contributed by atoms with Crippen LogP contribution >= 0.6 is 0 Å². The fraction of sp³-hybridized carbons (Fsp3) is 0.125. The maximum Gasteiger partial charge on any atom is 0.337 e. The number of aryl methyl sites for hydroxylation is 2. The highest BCUT2D eigenvalue weighted by atomic mass is 32.2. The number of carboxylic acids is 1. The summed E-state index contributed by atoms with van der Waals surface area (Å²) in [6.07, 6.45) is 2.99. The molecule has 0 fully saturated rings. The van der Waals surface area contributed by atoms with Crippen LogP contribution < -0.4 is 10.0 Å². The van der Waals surface area contributed by atoms with Gasteiger partial charge in [-0.15, -0.1) is 0 Å². The quantitative estimate of drug-likeness (QED) is 0.511. The number of rotatable bonds is 6. The first-order valence-electron chi connectivity index (χ1n) is 10.1. The van der Waals surface area contributed by atoms with Gasteiger partial charge in [0.15, 0.2) is 0 Å². The molecule has 0 aliphatic heterocycles. The number of anilines is 2. The number of nitrogens with one attached hydrogen (secondary N) is 2. The van der Waals surface area contributed by atoms with Crippen molar-refractivity contribution in [1.29, 1.82) is 5.26 Å². The van der Waals surface area contributed by atoms with Crippen LogP contribution in [0.1, 0.15) is 43.8 Å². The van der Waals surface area contributed by atoms with Gasteiger partial charge in [-0.25, -0.2) is 13.2 Å². The Morgan fingerprint density at radius 1 is 0.939 bits per heavy atom. The largest absolute Gasteiger partial charge is 0.478 e. The molecule has 0 unspecified atom stereocenters. The minimum atomic E-state index is -3.85. The van der Waals surface area contributed by atoms with E-state index in [-0.39, 0.29) is 27.3 Å². The summed E-state index contributed by atoms with van der Waals surface area (Å²) in [6.45, 7) is 0. The van der Waals surface area contributed by atoms with Crippen LogP contribution in [0.5, 0.6) is 0 Å². The zero-order chi connectivity index (χ0) is 23.6. The molecule has 0 spiro atoms. The van der Waals surface area contributed by atoms with Crippen molar-refractivity contribution in [2.24, 2.45) is 0 Å². The fourth-order valence-electron chi connectivity index (χ4n) is 3.73. The lowest BCUT2D eigenvalue weighted by atomic mass is 10.1. The third kappa shape index (κ3) is 4.71. The van der Waals surface area contributed by atoms with Crippen molar-refractivity contribution in [1.82, 2.24) is 0 Å². The van der Waals surface area contributed by atoms with E-state index in [9.17, 15) is 23.1 Å². The summed E-state index contributed by atoms with van der Waals surface area (Å²) in [4.78, 5) is 24.0. The second-order valence-corrected chi connectivity index (χ2v) is 9.28. The number of carboxylic acid groups (broad SMARTS) is 1. The third-order valence-electron chi connectivity index (χ3n) is 5.40. The summed E-state index contributed by atoms with van der Waals surface area (Å²) in [5, 5.41) is 20.8. The molecule has 3 aromatic rings. The summed E-state index contributed by atoms with van der Waals surface area (Å²) in [5.41, 5.74) is 2.97. The van der Waals surface area contributed by atoms with Crippen molar-refractivity contribution in [2.75, 3.05) is 10.0 Å². The van der Waals surface area contributed by atoms with Gasteiger partial charge in [0.25, 0.3) is 15.9 Å². The Labute approximate surface area is 190 Å². The number of amides is 1. The van der Waals surface area contributed by atoms with Crippen molar-refractivity contribution >= 4 is 33.3 Å². The average Bonchev–Trinajstić information content (AvgIpc) is 3.27. The predicted octanol–water partition coefficient (Wildman–Crippen LogP) is 3.80. The van der Waals surface area contributed by atoms with Crippen molar-refractivity contribution in [2.45, 2.75) is 24.2 Å². The second kappa shape index (κ2) is 8.76. The van der Waals surface area contributed by atoms with E-state index >= 15 is 0 Å². The summed E-state index contributed by atoms with van der Waals surface area (Å²) in [7, 11) is -3.85. The molecule has 1 aliphatic carbocycles. The molecule has 166 valence electrons. The normalized spacial score (nSPS) is 12.5. The monoisotopic (exact) mass is 461 g/mol. The number of sulfonamides is 1. The Balaban J connectivity index is 1.50. The molecule has 0 heterocycles. The summed E-state index contributed by atoms with van der Waals surface area (Å²) < 4.78 is 28.1. The third-order valence-corrected chi connectivity index (χ3v) is 6.80. The number of benzene rings is 3. The lowest BCUT2D eigenvalue weighted by Gasteiger charge is -2.11. The van der Waals surface area contributed by atoms with Crippen LogP contribution in [-0.4, -0.2) is 25.4 Å². The van der Waals surface area contributed by atoms with E-state index < -0.39 is 21.9 Å². The molecule has 0 radical (unpaired) electrons. The molecule has 0 bridgehead atoms. The Bertz CT molecular complexity index is 1410. The molecule has 1 aliphatic rings. The molecule has 1 amide bonds. The first kappa shape index (κ1) is 22.0. The van der Waals surface area contributed by atoms with Gasteiger partial charge in [-0.2, -0.15) is 5.26 Å². The SMILES string of the molecule is N#Cc1ccc(NC(=O)c2ccc(S(=O)(=O)Nc3ccc4c(c3)CCC4)cc2)c(C(=O)O)c1. The number of nitrogens with zero attached hydrogens (tertiary/aromatic N) is 1. The van der Waals surface area contributed by atoms with E-state index in [0.717, 1.165) is 30.9 Å². The maximum atomic E-state index is 12.8. The molecule has 9 heteroatoms. The molecule has 0 saturated carbocycles. The molecular weight excluding hydrogens is 442 g/mol. The molecule has 0 atom stereocenters. The number of fused-ring (bicyclic) bond motifs is 1. The number of aromatic carboxylic acids is 1. The lowest BCUT2D eigenvalue weighted by molar-refractivity contribution is 0.0698. The van der Waals surface area contributed by atoms with Crippen LogP contribution in [0.3, 0.4) is 0 Å². The van der Waals surface area contributed by atoms with Gasteiger partial charge in [-0.05, 0) is 85.0 Å². The van der Waals surface area contributed by atoms with Crippen molar-refractivity contribution in [3.05, 3.63) is 88.5 Å². The molecule has 4 rings (SSSR count). The van der Waals surface area contributed by atoms with Crippen LogP contribution in [-0.2, 0) is 22.9 Å². The highest BCUT2D eigenvalue weighted by Crippen LogP contribution is 2.26. The highest BCUT2D eigenvalue weighted by molar-refractivity contribution is 7.92. The summed E-state index contributed by atoms with van der Waals surface area (Å²) >= 11 is 0. The maximum absolute atomic E-state index is 12.8. The minimum Gasteiger partial charge on any atom is -0.478 e. The Kier molecular flexibility index (Phi) is 5.85. The van der Waals surface area contributed by atoms with E-state index in [4.69, 9.17) is 5.26 Å². The van der Waals surface area contributed by atoms with Gasteiger partial charge in [0.2, 0.25) is 0 Å². The Morgan fingerprint density at radius 3 is 2.36 bits per heavy atom. The number of nitriles is 1. The van der Waals surface area contributed by atoms with E-state index in [0.29, 0.717) is 5.69 Å². The van der Waals surface area contributed by atoms with Gasteiger partial charge >= 0.3 is 5.97 Å². The second-order valence-electron chi connectivity index (χ2n) is 7.60. The minimum absolute atomic E-state index is 0.0100. The van der Waals surface area contributed by atoms with Crippen LogP contribution in [0.15, 0.2) is 65.6 Å². The van der Waals surface area contributed by atoms with Crippen molar-refractivity contribution in [3.63, 3.8) is 0 Å². The standard InChI is InChI=1S/C24H19N3O5S/c25-14-15-4-11-22(21(12-15)24(29)30)26-23(28)17-6-9-20(10-7-17)33(31,32)27-19-8-5-16-2-1-3-18(16)13-19/h4-13,27H,1-3H2,(H,26,28)(H,29,30). The predicted molar refractivity (Wildman–Crippen MR) is 122 cm³/mol. The molecule has 0 saturated heterocycles. The van der Waals surface area contributed by atoms with E-state index in [2.05, 4.69) is 10.0 Å². The van der Waals surface area contributed by atoms with Gasteiger partial charge < -0.3 is 10.4 Å². The molecule has 33 heavy (non-hydrogen) atoms. The highest BCUT2D eigenvalue weighted by Gasteiger charge is 2.19. The first-order valence-corrected chi connectivity index (χ1v) is 11.6. The lowest BCUT2D eigenvalue weighted by Crippen LogP contribution is -2.16. The van der Waals surface area contributed by atoms with Gasteiger partial charge in [0.05, 0.1) is 27.8 Å².